The molecule has 0 saturated heterocycles. The lowest BCUT2D eigenvalue weighted by molar-refractivity contribution is 0.186. The maximum Gasteiger partial charge on any atom is 0.157 e. The van der Waals surface area contributed by atoms with E-state index in [1.54, 1.807) is 0 Å². The highest BCUT2D eigenvalue weighted by Crippen LogP contribution is 2.20. The quantitative estimate of drug-likeness (QED) is 0.527. The van der Waals surface area contributed by atoms with Crippen molar-refractivity contribution in [2.45, 2.75) is 25.4 Å². The summed E-state index contributed by atoms with van der Waals surface area (Å²) < 4.78 is 17.4. The Kier molecular flexibility index (Phi) is 2.09. The molecule has 0 aromatic carbocycles. The second-order valence-electron chi connectivity index (χ2n) is 2.21. The molecule has 1 nitrogen and oxygen atoms in total. The molecule has 0 bridgehead atoms. The van der Waals surface area contributed by atoms with Crippen LogP contribution in [-0.4, -0.2) is 13.3 Å². The van der Waals surface area contributed by atoms with Gasteiger partial charge in [0.25, 0.3) is 0 Å². The van der Waals surface area contributed by atoms with Gasteiger partial charge in [-0.15, -0.1) is 0 Å². The molecule has 0 unspecified atom stereocenters. The zero-order valence-corrected chi connectivity index (χ0v) is 5.56. The van der Waals surface area contributed by atoms with Crippen LogP contribution in [0.1, 0.15) is 19.3 Å². The van der Waals surface area contributed by atoms with Gasteiger partial charge >= 0.3 is 0 Å². The SMILES string of the molecule is COC1=CCCC[C@@H]1F. The maximum absolute atomic E-state index is 12.7. The normalized spacial score (nSPS) is 27.3. The van der Waals surface area contributed by atoms with E-state index in [1.807, 2.05) is 6.08 Å². The van der Waals surface area contributed by atoms with Gasteiger partial charge in [-0.2, -0.15) is 0 Å². The van der Waals surface area contributed by atoms with Gasteiger partial charge in [0.05, 0.1) is 7.11 Å². The third-order valence-electron chi connectivity index (χ3n) is 1.55. The van der Waals surface area contributed by atoms with Gasteiger partial charge in [-0.05, 0) is 25.3 Å². The fourth-order valence-corrected chi connectivity index (χ4v) is 1.02. The summed E-state index contributed by atoms with van der Waals surface area (Å²) in [6.45, 7) is 0. The molecule has 0 saturated carbocycles. The van der Waals surface area contributed by atoms with Crippen LogP contribution in [0.25, 0.3) is 0 Å². The maximum atomic E-state index is 12.7. The Bertz CT molecular complexity index is 120. The molecule has 0 aliphatic heterocycles. The molecular weight excluding hydrogens is 119 g/mol. The van der Waals surface area contributed by atoms with Crippen LogP contribution < -0.4 is 0 Å². The Labute approximate surface area is 54.5 Å². The standard InChI is InChI=1S/C7H11FO/c1-9-7-5-3-2-4-6(7)8/h5-6H,2-4H2,1H3/t6-/m0/s1. The predicted octanol–water partition coefficient (Wildman–Crippen LogP) is 2.04. The van der Waals surface area contributed by atoms with Crippen LogP contribution in [0.2, 0.25) is 0 Å². The van der Waals surface area contributed by atoms with Crippen molar-refractivity contribution in [3.63, 3.8) is 0 Å². The topological polar surface area (TPSA) is 9.23 Å². The van der Waals surface area contributed by atoms with E-state index in [9.17, 15) is 4.39 Å². The second kappa shape index (κ2) is 2.85. The van der Waals surface area contributed by atoms with E-state index in [1.165, 1.54) is 7.11 Å². The molecule has 0 aromatic rings. The Hall–Kier alpha value is -0.530. The molecule has 1 aliphatic rings. The van der Waals surface area contributed by atoms with Gasteiger partial charge in [-0.3, -0.25) is 0 Å². The largest absolute Gasteiger partial charge is 0.498 e. The van der Waals surface area contributed by atoms with Gasteiger partial charge in [0.15, 0.2) is 6.17 Å². The van der Waals surface area contributed by atoms with Crippen LogP contribution in [0, 0.1) is 0 Å². The van der Waals surface area contributed by atoms with Gasteiger partial charge in [-0.25, -0.2) is 4.39 Å². The highest BCUT2D eigenvalue weighted by molar-refractivity contribution is 5.03. The van der Waals surface area contributed by atoms with Crippen LogP contribution >= 0.6 is 0 Å². The highest BCUT2D eigenvalue weighted by Gasteiger charge is 2.15. The van der Waals surface area contributed by atoms with Crippen LogP contribution in [0.4, 0.5) is 4.39 Å². The Morgan fingerprint density at radius 2 is 2.56 bits per heavy atom. The summed E-state index contributed by atoms with van der Waals surface area (Å²) in [6, 6.07) is 0. The first-order chi connectivity index (χ1) is 4.34. The zero-order valence-electron chi connectivity index (χ0n) is 5.56. The minimum atomic E-state index is -0.844. The van der Waals surface area contributed by atoms with Crippen molar-refractivity contribution in [1.29, 1.82) is 0 Å². The number of allylic oxidation sites excluding steroid dienone is 2. The highest BCUT2D eigenvalue weighted by atomic mass is 19.1. The Balaban J connectivity index is 2.53. The summed E-state index contributed by atoms with van der Waals surface area (Å²) in [4.78, 5) is 0. The summed E-state index contributed by atoms with van der Waals surface area (Å²) in [5.41, 5.74) is 0. The first-order valence-corrected chi connectivity index (χ1v) is 3.22. The third kappa shape index (κ3) is 1.44. The van der Waals surface area contributed by atoms with Crippen molar-refractivity contribution in [2.75, 3.05) is 7.11 Å². The van der Waals surface area contributed by atoms with E-state index in [0.717, 1.165) is 12.8 Å². The minimum Gasteiger partial charge on any atom is -0.498 e. The summed E-state index contributed by atoms with van der Waals surface area (Å²) in [5, 5.41) is 0. The molecule has 1 aliphatic carbocycles. The van der Waals surface area contributed by atoms with Crippen molar-refractivity contribution >= 4 is 0 Å². The van der Waals surface area contributed by atoms with Crippen molar-refractivity contribution < 1.29 is 9.13 Å². The second-order valence-corrected chi connectivity index (χ2v) is 2.21. The van der Waals surface area contributed by atoms with Crippen LogP contribution in [0.5, 0.6) is 0 Å². The molecule has 9 heavy (non-hydrogen) atoms. The molecule has 0 N–H and O–H groups in total. The van der Waals surface area contributed by atoms with Crippen molar-refractivity contribution in [3.8, 4) is 0 Å². The van der Waals surface area contributed by atoms with Crippen molar-refractivity contribution in [3.05, 3.63) is 11.8 Å². The molecule has 0 aromatic heterocycles. The summed E-state index contributed by atoms with van der Waals surface area (Å²) >= 11 is 0. The monoisotopic (exact) mass is 130 g/mol. The molecule has 0 fully saturated rings. The number of ether oxygens (including phenoxy) is 1. The zero-order chi connectivity index (χ0) is 6.69. The fraction of sp³-hybridized carbons (Fsp3) is 0.714. The van der Waals surface area contributed by atoms with Gasteiger partial charge in [-0.1, -0.05) is 0 Å². The van der Waals surface area contributed by atoms with E-state index < -0.39 is 6.17 Å². The van der Waals surface area contributed by atoms with E-state index in [-0.39, 0.29) is 0 Å². The molecule has 0 spiro atoms. The number of hydrogen-bond donors (Lipinski definition) is 0. The Morgan fingerprint density at radius 1 is 1.78 bits per heavy atom. The average molecular weight is 130 g/mol. The van der Waals surface area contributed by atoms with Gasteiger partial charge < -0.3 is 4.74 Å². The molecule has 0 amide bonds. The molecule has 0 radical (unpaired) electrons. The predicted molar refractivity (Wildman–Crippen MR) is 33.8 cm³/mol. The number of hydrogen-bond acceptors (Lipinski definition) is 1. The third-order valence-corrected chi connectivity index (χ3v) is 1.55. The van der Waals surface area contributed by atoms with E-state index in [2.05, 4.69) is 0 Å². The Morgan fingerprint density at radius 3 is 3.00 bits per heavy atom. The number of alkyl halides is 1. The lowest BCUT2D eigenvalue weighted by Gasteiger charge is -2.15. The molecule has 2 heteroatoms. The summed E-state index contributed by atoms with van der Waals surface area (Å²) in [6.07, 6.45) is 3.52. The van der Waals surface area contributed by atoms with Crippen LogP contribution in [-0.2, 0) is 4.74 Å². The molecule has 52 valence electrons. The van der Waals surface area contributed by atoms with E-state index in [4.69, 9.17) is 4.74 Å². The number of halogens is 1. The number of methoxy groups -OCH3 is 1. The van der Waals surface area contributed by atoms with E-state index in [0.29, 0.717) is 12.2 Å². The fourth-order valence-electron chi connectivity index (χ4n) is 1.02. The van der Waals surface area contributed by atoms with Crippen molar-refractivity contribution in [1.82, 2.24) is 0 Å². The first kappa shape index (κ1) is 6.59. The average Bonchev–Trinajstić information content (AvgIpc) is 1.89. The number of rotatable bonds is 1. The summed E-state index contributed by atoms with van der Waals surface area (Å²) in [7, 11) is 1.52. The van der Waals surface area contributed by atoms with Gasteiger partial charge in [0.2, 0.25) is 0 Å². The molecule has 0 heterocycles. The lowest BCUT2D eigenvalue weighted by atomic mass is 10.0. The molecule has 1 atom stereocenters. The van der Waals surface area contributed by atoms with Crippen LogP contribution in [0.15, 0.2) is 11.8 Å². The van der Waals surface area contributed by atoms with Crippen LogP contribution in [0.3, 0.4) is 0 Å². The van der Waals surface area contributed by atoms with E-state index >= 15 is 0 Å². The first-order valence-electron chi connectivity index (χ1n) is 3.22. The lowest BCUT2D eigenvalue weighted by Crippen LogP contribution is -2.09. The van der Waals surface area contributed by atoms with Gasteiger partial charge in [0, 0.05) is 0 Å². The summed E-state index contributed by atoms with van der Waals surface area (Å²) in [5.74, 6) is 0.515. The molecular formula is C7H11FO. The van der Waals surface area contributed by atoms with Crippen molar-refractivity contribution in [2.24, 2.45) is 0 Å². The smallest absolute Gasteiger partial charge is 0.157 e. The van der Waals surface area contributed by atoms with Gasteiger partial charge in [0.1, 0.15) is 5.76 Å². The minimum absolute atomic E-state index is 0.515. The molecule has 1 rings (SSSR count).